The molecule has 1 aliphatic rings. The van der Waals surface area contributed by atoms with Crippen molar-refractivity contribution in [2.75, 3.05) is 6.61 Å². The summed E-state index contributed by atoms with van der Waals surface area (Å²) in [4.78, 5) is 25.2. The molecule has 0 saturated heterocycles. The summed E-state index contributed by atoms with van der Waals surface area (Å²) in [5, 5.41) is 0. The predicted molar refractivity (Wildman–Crippen MR) is 152 cm³/mol. The van der Waals surface area contributed by atoms with Gasteiger partial charge in [-0.3, -0.25) is 4.79 Å². The van der Waals surface area contributed by atoms with Crippen LogP contribution in [0.5, 0.6) is 17.2 Å². The zero-order valence-corrected chi connectivity index (χ0v) is 23.0. The van der Waals surface area contributed by atoms with Crippen molar-refractivity contribution in [3.63, 3.8) is 0 Å². The van der Waals surface area contributed by atoms with Crippen LogP contribution in [0.1, 0.15) is 101 Å². The number of benzene rings is 2. The lowest BCUT2D eigenvalue weighted by Crippen LogP contribution is -2.25. The minimum Gasteiger partial charge on any atom is -0.494 e. The Hall–Kier alpha value is -3.08. The second-order valence-electron chi connectivity index (χ2n) is 10.4. The molecule has 0 bridgehead atoms. The Balaban J connectivity index is 1.37. The Labute approximate surface area is 228 Å². The van der Waals surface area contributed by atoms with Gasteiger partial charge in [0.2, 0.25) is 0 Å². The molecule has 1 fully saturated rings. The first-order chi connectivity index (χ1) is 18.6. The zero-order valence-electron chi connectivity index (χ0n) is 23.0. The van der Waals surface area contributed by atoms with Gasteiger partial charge in [-0.1, -0.05) is 51.5 Å². The van der Waals surface area contributed by atoms with Crippen molar-refractivity contribution >= 4 is 11.9 Å². The molecule has 0 atom stereocenters. The number of unbranched alkanes of at least 4 members (excludes halogenated alkanes) is 6. The smallest absolute Gasteiger partial charge is 0.343 e. The van der Waals surface area contributed by atoms with Gasteiger partial charge >= 0.3 is 11.9 Å². The number of carbonyl (C=O) groups excluding carboxylic acids is 2. The Morgan fingerprint density at radius 2 is 1.42 bits per heavy atom. The molecule has 2 aromatic rings. The van der Waals surface area contributed by atoms with Crippen LogP contribution in [-0.4, -0.2) is 18.5 Å². The molecule has 0 aliphatic heterocycles. The van der Waals surface area contributed by atoms with Gasteiger partial charge in [0.1, 0.15) is 17.2 Å². The summed E-state index contributed by atoms with van der Waals surface area (Å²) < 4.78 is 16.9. The molecule has 2 aromatic carbocycles. The maximum atomic E-state index is 12.6. The number of carbonyl (C=O) groups is 2. The van der Waals surface area contributed by atoms with Crippen molar-refractivity contribution in [1.29, 1.82) is 0 Å². The summed E-state index contributed by atoms with van der Waals surface area (Å²) in [7, 11) is 0. The topological polar surface area (TPSA) is 61.8 Å². The van der Waals surface area contributed by atoms with Gasteiger partial charge in [-0.25, -0.2) is 4.79 Å². The summed E-state index contributed by atoms with van der Waals surface area (Å²) in [6.07, 6.45) is 16.7. The minimum absolute atomic E-state index is 0.0239. The Morgan fingerprint density at radius 3 is 2.08 bits per heavy atom. The van der Waals surface area contributed by atoms with Crippen LogP contribution in [0.25, 0.3) is 0 Å². The van der Waals surface area contributed by atoms with Gasteiger partial charge in [0.05, 0.1) is 18.1 Å². The molecule has 1 aliphatic carbocycles. The van der Waals surface area contributed by atoms with Crippen molar-refractivity contribution in [3.05, 3.63) is 66.7 Å². The molecule has 3 rings (SSSR count). The van der Waals surface area contributed by atoms with Gasteiger partial charge in [0, 0.05) is 0 Å². The van der Waals surface area contributed by atoms with E-state index in [2.05, 4.69) is 13.5 Å². The van der Waals surface area contributed by atoms with Gasteiger partial charge < -0.3 is 14.2 Å². The van der Waals surface area contributed by atoms with E-state index in [-0.39, 0.29) is 11.9 Å². The van der Waals surface area contributed by atoms with E-state index < -0.39 is 5.97 Å². The first-order valence-corrected chi connectivity index (χ1v) is 14.5. The van der Waals surface area contributed by atoms with Crippen LogP contribution in [0, 0.1) is 11.8 Å². The largest absolute Gasteiger partial charge is 0.494 e. The molecule has 1 saturated carbocycles. The molecular weight excluding hydrogens is 476 g/mol. The normalized spacial score (nSPS) is 17.0. The molecule has 5 heteroatoms. The molecule has 0 radical (unpaired) electrons. The van der Waals surface area contributed by atoms with E-state index >= 15 is 0 Å². The van der Waals surface area contributed by atoms with E-state index in [9.17, 15) is 9.59 Å². The fourth-order valence-corrected chi connectivity index (χ4v) is 4.93. The van der Waals surface area contributed by atoms with Crippen LogP contribution < -0.4 is 14.2 Å². The Morgan fingerprint density at radius 1 is 0.789 bits per heavy atom. The van der Waals surface area contributed by atoms with E-state index in [4.69, 9.17) is 14.2 Å². The maximum Gasteiger partial charge on any atom is 0.343 e. The van der Waals surface area contributed by atoms with Crippen molar-refractivity contribution in [2.45, 2.75) is 90.4 Å². The highest BCUT2D eigenvalue weighted by molar-refractivity contribution is 5.91. The van der Waals surface area contributed by atoms with Gasteiger partial charge in [0.15, 0.2) is 0 Å². The number of hydrogen-bond donors (Lipinski definition) is 0. The summed E-state index contributed by atoms with van der Waals surface area (Å²) in [6.45, 7) is 6.63. The molecule has 0 amide bonds. The highest BCUT2D eigenvalue weighted by Crippen LogP contribution is 2.33. The average Bonchev–Trinajstić information content (AvgIpc) is 2.94. The van der Waals surface area contributed by atoms with E-state index in [1.165, 1.54) is 38.5 Å². The summed E-state index contributed by atoms with van der Waals surface area (Å²) in [5.74, 6) is 1.75. The van der Waals surface area contributed by atoms with Crippen molar-refractivity contribution in [1.82, 2.24) is 0 Å². The van der Waals surface area contributed by atoms with Crippen LogP contribution in [0.3, 0.4) is 0 Å². The number of ether oxygens (including phenoxy) is 3. The van der Waals surface area contributed by atoms with Crippen LogP contribution >= 0.6 is 0 Å². The fourth-order valence-electron chi connectivity index (χ4n) is 4.93. The van der Waals surface area contributed by atoms with Gasteiger partial charge in [-0.2, -0.15) is 0 Å². The highest BCUT2D eigenvalue weighted by atomic mass is 16.5. The molecule has 0 spiro atoms. The highest BCUT2D eigenvalue weighted by Gasteiger charge is 2.27. The lowest BCUT2D eigenvalue weighted by atomic mass is 9.80. The lowest BCUT2D eigenvalue weighted by Gasteiger charge is -2.27. The molecule has 0 N–H and O–H groups in total. The third-order valence-corrected chi connectivity index (χ3v) is 7.31. The van der Waals surface area contributed by atoms with E-state index in [0.717, 1.165) is 56.6 Å². The third kappa shape index (κ3) is 10.4. The molecule has 5 nitrogen and oxygen atoms in total. The van der Waals surface area contributed by atoms with Crippen LogP contribution in [0.4, 0.5) is 0 Å². The SMILES string of the molecule is C=CCCCCCCOc1ccc(C(=O)Oc2ccc(OC(=O)C3CCC(CCCCC)CC3)cc2)cc1. The monoisotopic (exact) mass is 520 g/mol. The number of hydrogen-bond acceptors (Lipinski definition) is 5. The predicted octanol–water partition coefficient (Wildman–Crippen LogP) is 8.71. The standard InChI is InChI=1S/C33H44O5/c1-3-5-7-8-9-11-25-36-29-19-17-28(18-20-29)33(35)38-31-23-21-30(22-24-31)37-32(34)27-15-13-26(14-16-27)12-10-6-4-2/h3,17-24,26-27H,1,4-16,25H2,2H3. The van der Waals surface area contributed by atoms with E-state index in [0.29, 0.717) is 23.7 Å². The molecule has 0 aromatic heterocycles. The first kappa shape index (κ1) is 29.5. The van der Waals surface area contributed by atoms with Crippen molar-refractivity contribution in [3.8, 4) is 17.2 Å². The minimum atomic E-state index is -0.445. The van der Waals surface area contributed by atoms with Crippen LogP contribution in [-0.2, 0) is 4.79 Å². The summed E-state index contributed by atoms with van der Waals surface area (Å²) in [6, 6.07) is 13.6. The number of allylic oxidation sites excluding steroid dienone is 1. The quantitative estimate of drug-likeness (QED) is 0.0958. The first-order valence-electron chi connectivity index (χ1n) is 14.5. The third-order valence-electron chi connectivity index (χ3n) is 7.31. The maximum absolute atomic E-state index is 12.6. The molecule has 206 valence electrons. The van der Waals surface area contributed by atoms with Crippen LogP contribution in [0.2, 0.25) is 0 Å². The second-order valence-corrected chi connectivity index (χ2v) is 10.4. The second kappa shape index (κ2) is 16.7. The Kier molecular flexibility index (Phi) is 13.0. The average molecular weight is 521 g/mol. The van der Waals surface area contributed by atoms with Gasteiger partial charge in [-0.15, -0.1) is 6.58 Å². The van der Waals surface area contributed by atoms with E-state index in [1.807, 2.05) is 6.08 Å². The van der Waals surface area contributed by atoms with E-state index in [1.54, 1.807) is 48.5 Å². The zero-order chi connectivity index (χ0) is 27.0. The number of esters is 2. The summed E-state index contributed by atoms with van der Waals surface area (Å²) in [5.41, 5.74) is 0.447. The molecule has 38 heavy (non-hydrogen) atoms. The fraction of sp³-hybridized carbons (Fsp3) is 0.515. The van der Waals surface area contributed by atoms with Crippen molar-refractivity contribution in [2.24, 2.45) is 11.8 Å². The number of rotatable bonds is 16. The summed E-state index contributed by atoms with van der Waals surface area (Å²) >= 11 is 0. The Bertz CT molecular complexity index is 971. The van der Waals surface area contributed by atoms with Gasteiger partial charge in [0.25, 0.3) is 0 Å². The molecular formula is C33H44O5. The molecule has 0 heterocycles. The van der Waals surface area contributed by atoms with Gasteiger partial charge in [-0.05, 0) is 99.4 Å². The lowest BCUT2D eigenvalue weighted by molar-refractivity contribution is -0.140. The van der Waals surface area contributed by atoms with Crippen LogP contribution in [0.15, 0.2) is 61.2 Å². The van der Waals surface area contributed by atoms with Crippen molar-refractivity contribution < 1.29 is 23.8 Å². The molecule has 0 unspecified atom stereocenters.